The van der Waals surface area contributed by atoms with Crippen molar-refractivity contribution in [3.05, 3.63) is 35.9 Å². The van der Waals surface area contributed by atoms with E-state index in [2.05, 4.69) is 0 Å². The van der Waals surface area contributed by atoms with E-state index in [4.69, 9.17) is 0 Å². The molecule has 0 heterocycles. The molecule has 0 radical (unpaired) electrons. The first-order valence-corrected chi connectivity index (χ1v) is 4.87. The van der Waals surface area contributed by atoms with Crippen LogP contribution in [0.2, 0.25) is 0 Å². The summed E-state index contributed by atoms with van der Waals surface area (Å²) in [5, 5.41) is 10.1. The fraction of sp³-hybridized carbons (Fsp3) is 0.222. The zero-order valence-corrected chi connectivity index (χ0v) is 10.5. The fourth-order valence-corrected chi connectivity index (χ4v) is 1.65. The topological polar surface area (TPSA) is 23.2 Å². The lowest BCUT2D eigenvalue weighted by Gasteiger charge is -1.96. The van der Waals surface area contributed by atoms with Crippen molar-refractivity contribution in [2.75, 3.05) is 13.3 Å². The molecule has 0 aromatic heterocycles. The molecule has 0 spiro atoms. The summed E-state index contributed by atoms with van der Waals surface area (Å²) in [6.45, 7) is 0. The quantitative estimate of drug-likeness (QED) is 0.176. The zero-order chi connectivity index (χ0) is 8.97. The summed E-state index contributed by atoms with van der Waals surface area (Å²) in [6, 6.07) is 9.81. The van der Waals surface area contributed by atoms with Gasteiger partial charge < -0.3 is 24.0 Å². The average molecular weight is 309 g/mol. The second-order valence-electron chi connectivity index (χ2n) is 2.40. The predicted octanol–water partition coefficient (Wildman–Crippen LogP) is -1.17. The fourth-order valence-electron chi connectivity index (χ4n) is 1.02. The van der Waals surface area contributed by atoms with Gasteiger partial charge in [0.05, 0.1) is 5.56 Å². The highest BCUT2D eigenvalue weighted by atomic mass is 127. The molecule has 13 heavy (non-hydrogen) atoms. The molecule has 0 atom stereocenters. The number of hydrogen-bond acceptors (Lipinski definition) is 2. The van der Waals surface area contributed by atoms with E-state index in [0.29, 0.717) is 0 Å². The van der Waals surface area contributed by atoms with Crippen molar-refractivity contribution in [2.24, 2.45) is 0 Å². The van der Waals surface area contributed by atoms with E-state index < -0.39 is 0 Å². The lowest BCUT2D eigenvalue weighted by Crippen LogP contribution is -3.00. The minimum atomic E-state index is 0. The maximum Gasteiger partial charge on any atom is 0.290 e. The van der Waals surface area contributed by atoms with Crippen LogP contribution < -0.4 is 24.0 Å². The van der Waals surface area contributed by atoms with Gasteiger partial charge in [0.1, 0.15) is 0 Å². The second-order valence-corrected chi connectivity index (χ2v) is 3.19. The van der Waals surface area contributed by atoms with Gasteiger partial charge in [0.2, 0.25) is 0 Å². The summed E-state index contributed by atoms with van der Waals surface area (Å²) < 4.78 is 1.14. The van der Waals surface area contributed by atoms with Crippen LogP contribution in [0.25, 0.3) is 0 Å². The summed E-state index contributed by atoms with van der Waals surface area (Å²) in [5.41, 5.74) is 1.04. The first kappa shape index (κ1) is 12.8. The molecular weight excluding hydrogens is 297 g/mol. The number of hydrogen-bond donors (Lipinski definition) is 1. The molecule has 72 valence electrons. The van der Waals surface area contributed by atoms with E-state index in [9.17, 15) is 5.21 Å². The van der Waals surface area contributed by atoms with Gasteiger partial charge in [0.15, 0.2) is 7.05 Å². The Morgan fingerprint density at radius 2 is 1.85 bits per heavy atom. The first-order valence-electron chi connectivity index (χ1n) is 3.64. The molecule has 1 aromatic rings. The number of hydroxylamine groups is 1. The molecule has 0 saturated heterocycles. The molecule has 0 unspecified atom stereocenters. The highest BCUT2D eigenvalue weighted by molar-refractivity contribution is 8.13. The van der Waals surface area contributed by atoms with E-state index in [1.807, 2.05) is 36.6 Å². The van der Waals surface area contributed by atoms with Crippen molar-refractivity contribution < 1.29 is 33.9 Å². The smallest absolute Gasteiger partial charge is 0.290 e. The molecule has 2 nitrogen and oxygen atoms in total. The molecule has 1 N–H and O–H groups in total. The van der Waals surface area contributed by atoms with Gasteiger partial charge in [0, 0.05) is 0 Å². The molecule has 0 aliphatic rings. The molecule has 0 fully saturated rings. The summed E-state index contributed by atoms with van der Waals surface area (Å²) in [7, 11) is 1.62. The largest absolute Gasteiger partial charge is 1.00 e. The summed E-state index contributed by atoms with van der Waals surface area (Å²) in [5.74, 6) is 0. The molecule has 0 aliphatic carbocycles. The molecule has 0 aliphatic heterocycles. The van der Waals surface area contributed by atoms with E-state index in [-0.39, 0.29) is 24.0 Å². The van der Waals surface area contributed by atoms with Gasteiger partial charge in [-0.1, -0.05) is 30.0 Å². The monoisotopic (exact) mass is 309 g/mol. The Morgan fingerprint density at radius 1 is 1.31 bits per heavy atom. The van der Waals surface area contributed by atoms with Crippen LogP contribution in [0.3, 0.4) is 0 Å². The van der Waals surface area contributed by atoms with Crippen molar-refractivity contribution in [3.63, 3.8) is 0 Å². The van der Waals surface area contributed by atoms with E-state index in [1.165, 1.54) is 11.8 Å². The first-order chi connectivity index (χ1) is 5.75. The number of nitrogens with zero attached hydrogens (tertiary/aromatic N) is 1. The van der Waals surface area contributed by atoms with Crippen LogP contribution in [0.15, 0.2) is 30.3 Å². The Morgan fingerprint density at radius 3 is 2.23 bits per heavy atom. The minimum absolute atomic E-state index is 0. The van der Waals surface area contributed by atoms with Crippen molar-refractivity contribution in [3.8, 4) is 0 Å². The number of thioether (sulfide) groups is 1. The van der Waals surface area contributed by atoms with Crippen LogP contribution in [-0.4, -0.2) is 28.3 Å². The van der Waals surface area contributed by atoms with Crippen LogP contribution in [-0.2, 0) is 0 Å². The Hall–Kier alpha value is -0.230. The third-order valence-corrected chi connectivity index (χ3v) is 2.39. The SMILES string of the molecule is CS/C(c1ccccc1)=[N+](\C)O.[I-]. The van der Waals surface area contributed by atoms with E-state index >= 15 is 0 Å². The Balaban J connectivity index is 0.00000144. The van der Waals surface area contributed by atoms with Crippen LogP contribution >= 0.6 is 11.8 Å². The normalized spacial score (nSPS) is 11.5. The maximum absolute atomic E-state index is 9.24. The van der Waals surface area contributed by atoms with Crippen LogP contribution in [0.5, 0.6) is 0 Å². The molecule has 0 bridgehead atoms. The Kier molecular flexibility index (Phi) is 6.15. The van der Waals surface area contributed by atoms with Gasteiger partial charge in [-0.3, -0.25) is 5.21 Å². The van der Waals surface area contributed by atoms with Crippen LogP contribution in [0.4, 0.5) is 0 Å². The zero-order valence-electron chi connectivity index (χ0n) is 7.57. The summed E-state index contributed by atoms with van der Waals surface area (Å²) in [6.07, 6.45) is 1.94. The van der Waals surface area contributed by atoms with Crippen LogP contribution in [0, 0.1) is 0 Å². The van der Waals surface area contributed by atoms with Crippen molar-refractivity contribution in [2.45, 2.75) is 0 Å². The van der Waals surface area contributed by atoms with Crippen molar-refractivity contribution in [1.82, 2.24) is 0 Å². The highest BCUT2D eigenvalue weighted by Gasteiger charge is 2.11. The van der Waals surface area contributed by atoms with Crippen molar-refractivity contribution >= 4 is 16.8 Å². The number of rotatable bonds is 1. The predicted molar refractivity (Wildman–Crippen MR) is 52.0 cm³/mol. The number of halogens is 1. The lowest BCUT2D eigenvalue weighted by atomic mass is 10.2. The summed E-state index contributed by atoms with van der Waals surface area (Å²) >= 11 is 1.52. The van der Waals surface area contributed by atoms with Gasteiger partial charge in [0.25, 0.3) is 5.04 Å². The molecular formula is C9H12INOS. The Bertz CT molecular complexity index is 283. The highest BCUT2D eigenvalue weighted by Crippen LogP contribution is 2.08. The maximum atomic E-state index is 9.24. The van der Waals surface area contributed by atoms with Gasteiger partial charge >= 0.3 is 0 Å². The van der Waals surface area contributed by atoms with Gasteiger partial charge in [-0.2, -0.15) is 0 Å². The van der Waals surface area contributed by atoms with Crippen LogP contribution in [0.1, 0.15) is 5.56 Å². The molecule has 0 saturated carbocycles. The number of benzene rings is 1. The van der Waals surface area contributed by atoms with Gasteiger partial charge in [-0.05, 0) is 23.1 Å². The summed E-state index contributed by atoms with van der Waals surface area (Å²) in [4.78, 5) is 0. The van der Waals surface area contributed by atoms with E-state index in [0.717, 1.165) is 15.3 Å². The molecule has 1 rings (SSSR count). The minimum Gasteiger partial charge on any atom is -1.00 e. The lowest BCUT2D eigenvalue weighted by molar-refractivity contribution is -0.752. The molecule has 4 heteroatoms. The van der Waals surface area contributed by atoms with E-state index in [1.54, 1.807) is 7.05 Å². The third-order valence-electron chi connectivity index (χ3n) is 1.51. The molecule has 0 amide bonds. The van der Waals surface area contributed by atoms with Crippen molar-refractivity contribution in [1.29, 1.82) is 0 Å². The second kappa shape index (κ2) is 6.26. The van der Waals surface area contributed by atoms with Gasteiger partial charge in [-0.25, -0.2) is 0 Å². The van der Waals surface area contributed by atoms with Gasteiger partial charge in [-0.15, -0.1) is 0 Å². The standard InChI is InChI=1S/C9H12NOS.HI/c1-10(11)9(12-2)8-6-4-3-5-7-8;/h3-7,11H,1-2H3;1H/q+1;/p-1/b10-9+;. The average Bonchev–Trinajstić information content (AvgIpc) is 2.07. The third kappa shape index (κ3) is 3.56. The Labute approximate surface area is 99.6 Å². The molecule has 1 aromatic carbocycles.